The predicted molar refractivity (Wildman–Crippen MR) is 164 cm³/mol. The summed E-state index contributed by atoms with van der Waals surface area (Å²) in [7, 11) is 0. The molecule has 9 N–H and O–H groups in total. The molecule has 11 heteroatoms. The first-order chi connectivity index (χ1) is 19.4. The van der Waals surface area contributed by atoms with Crippen molar-refractivity contribution in [2.75, 3.05) is 11.1 Å². The topological polar surface area (TPSA) is 184 Å². The van der Waals surface area contributed by atoms with Gasteiger partial charge in [-0.1, -0.05) is 45.0 Å². The van der Waals surface area contributed by atoms with Crippen LogP contribution in [0.15, 0.2) is 53.5 Å². The second kappa shape index (κ2) is 13.9. The Labute approximate surface area is 240 Å². The fraction of sp³-hybridized carbons (Fsp3) is 0.400. The van der Waals surface area contributed by atoms with E-state index in [1.807, 2.05) is 46.8 Å². The number of hydrogen-bond donors (Lipinski definition) is 7. The van der Waals surface area contributed by atoms with Gasteiger partial charge in [0, 0.05) is 41.0 Å². The maximum Gasteiger partial charge on any atom is 0.293 e. The highest BCUT2D eigenvalue weighted by Gasteiger charge is 2.19. The van der Waals surface area contributed by atoms with Gasteiger partial charge in [-0.05, 0) is 49.9 Å². The number of amides is 1. The van der Waals surface area contributed by atoms with Crippen molar-refractivity contribution in [3.05, 3.63) is 75.7 Å². The number of carbonyl (C=O) groups is 1. The summed E-state index contributed by atoms with van der Waals surface area (Å²) in [6.45, 7) is 10.2. The van der Waals surface area contributed by atoms with Crippen LogP contribution in [0, 0.1) is 11.3 Å². The van der Waals surface area contributed by atoms with Gasteiger partial charge in [0.2, 0.25) is 0 Å². The van der Waals surface area contributed by atoms with Gasteiger partial charge in [0.25, 0.3) is 11.5 Å². The third kappa shape index (κ3) is 8.38. The molecule has 1 amide bonds. The average molecular weight is 563 g/mol. The number of amidine groups is 1. The van der Waals surface area contributed by atoms with Crippen LogP contribution in [0.2, 0.25) is 0 Å². The van der Waals surface area contributed by atoms with Gasteiger partial charge in [-0.2, -0.15) is 0 Å². The predicted octanol–water partition coefficient (Wildman–Crippen LogP) is 2.87. The quantitative estimate of drug-likeness (QED) is 0.0717. The number of benzene rings is 2. The largest absolute Gasteiger partial charge is 0.399 e. The lowest BCUT2D eigenvalue weighted by Gasteiger charge is -2.22. The number of aliphatic hydroxyl groups excluding tert-OH is 1. The Balaban J connectivity index is 1.96. The lowest BCUT2D eigenvalue weighted by molar-refractivity contribution is 0.0939. The molecule has 0 aliphatic carbocycles. The van der Waals surface area contributed by atoms with E-state index in [9.17, 15) is 14.7 Å². The van der Waals surface area contributed by atoms with Gasteiger partial charge in [-0.15, -0.1) is 0 Å². The summed E-state index contributed by atoms with van der Waals surface area (Å²) < 4.78 is 1.43. The third-order valence-corrected chi connectivity index (χ3v) is 7.08. The first-order valence-electron chi connectivity index (χ1n) is 13.8. The van der Waals surface area contributed by atoms with Crippen molar-refractivity contribution in [1.29, 1.82) is 5.41 Å². The number of aromatic nitrogens is 2. The number of nitrogen functional groups attached to an aromatic ring is 2. The van der Waals surface area contributed by atoms with Crippen LogP contribution in [0.3, 0.4) is 0 Å². The smallest absolute Gasteiger partial charge is 0.293 e. The van der Waals surface area contributed by atoms with Gasteiger partial charge in [0.1, 0.15) is 12.1 Å². The molecular formula is C30H42N8O3. The van der Waals surface area contributed by atoms with Gasteiger partial charge >= 0.3 is 0 Å². The van der Waals surface area contributed by atoms with E-state index in [4.69, 9.17) is 16.9 Å². The monoisotopic (exact) mass is 562 g/mol. The van der Waals surface area contributed by atoms with Crippen LogP contribution >= 0.6 is 0 Å². The Hall–Kier alpha value is -4.22. The van der Waals surface area contributed by atoms with Crippen molar-refractivity contribution in [3.8, 4) is 11.3 Å². The van der Waals surface area contributed by atoms with Crippen LogP contribution in [-0.4, -0.2) is 44.7 Å². The number of nitrogens with two attached hydrogens (primary N) is 2. The minimum Gasteiger partial charge on any atom is -0.399 e. The maximum absolute atomic E-state index is 13.7. The van der Waals surface area contributed by atoms with E-state index in [1.165, 1.54) is 4.57 Å². The van der Waals surface area contributed by atoms with Crippen LogP contribution in [-0.2, 0) is 13.1 Å². The number of nitrogens with one attached hydrogen (secondary N) is 4. The summed E-state index contributed by atoms with van der Waals surface area (Å²) in [6.07, 6.45) is 1.24. The van der Waals surface area contributed by atoms with Crippen molar-refractivity contribution < 1.29 is 9.90 Å². The fourth-order valence-electron chi connectivity index (χ4n) is 4.00. The summed E-state index contributed by atoms with van der Waals surface area (Å²) in [5, 5.41) is 27.6. The molecule has 1 unspecified atom stereocenters. The molecule has 2 aromatic carbocycles. The van der Waals surface area contributed by atoms with Gasteiger partial charge in [0.05, 0.1) is 18.4 Å². The van der Waals surface area contributed by atoms with Gasteiger partial charge in [0.15, 0.2) is 5.82 Å². The summed E-state index contributed by atoms with van der Waals surface area (Å²) in [5.41, 5.74) is 14.4. The number of aliphatic hydroxyl groups is 1. The molecule has 0 fully saturated rings. The molecule has 0 radical (unpaired) electrons. The number of rotatable bonds is 13. The van der Waals surface area contributed by atoms with Crippen LogP contribution < -0.4 is 33.0 Å². The Morgan fingerprint density at radius 2 is 1.78 bits per heavy atom. The van der Waals surface area contributed by atoms with Crippen molar-refractivity contribution >= 4 is 23.2 Å². The summed E-state index contributed by atoms with van der Waals surface area (Å²) in [5.74, 6) is 0.135. The molecule has 0 aliphatic heterocycles. The van der Waals surface area contributed by atoms with E-state index >= 15 is 0 Å². The zero-order chi connectivity index (χ0) is 30.3. The summed E-state index contributed by atoms with van der Waals surface area (Å²) in [4.78, 5) is 31.0. The van der Waals surface area contributed by atoms with Gasteiger partial charge in [-0.3, -0.25) is 24.9 Å². The van der Waals surface area contributed by atoms with Crippen LogP contribution in [0.1, 0.15) is 62.5 Å². The second-order valence-electron chi connectivity index (χ2n) is 10.7. The van der Waals surface area contributed by atoms with Gasteiger partial charge in [-0.25, -0.2) is 4.98 Å². The highest BCUT2D eigenvalue weighted by molar-refractivity contribution is 5.96. The molecule has 1 heterocycles. The minimum absolute atomic E-state index is 0.0135. The molecule has 11 nitrogen and oxygen atoms in total. The van der Waals surface area contributed by atoms with Crippen molar-refractivity contribution in [1.82, 2.24) is 20.2 Å². The average Bonchev–Trinajstić information content (AvgIpc) is 2.93. The van der Waals surface area contributed by atoms with Crippen molar-refractivity contribution in [2.24, 2.45) is 11.7 Å². The van der Waals surface area contributed by atoms with Crippen LogP contribution in [0.25, 0.3) is 11.3 Å². The lowest BCUT2D eigenvalue weighted by Crippen LogP contribution is -2.38. The Kier molecular flexibility index (Phi) is 10.6. The van der Waals surface area contributed by atoms with Crippen molar-refractivity contribution in [3.63, 3.8) is 0 Å². The zero-order valence-corrected chi connectivity index (χ0v) is 24.4. The number of anilines is 2. The molecule has 0 saturated carbocycles. The van der Waals surface area contributed by atoms with Crippen molar-refractivity contribution in [2.45, 2.75) is 72.4 Å². The second-order valence-corrected chi connectivity index (χ2v) is 10.7. The van der Waals surface area contributed by atoms with Crippen LogP contribution in [0.4, 0.5) is 11.5 Å². The third-order valence-electron chi connectivity index (χ3n) is 7.08. The highest BCUT2D eigenvalue weighted by atomic mass is 16.3. The molecule has 0 aliphatic rings. The maximum atomic E-state index is 13.7. The standard InChI is InChI=1S/C30H42N8O3/c1-6-18(4)36-29(40)23-11-22(12-24(31)13-23)25-15-35-28(37-19(5)17(2)3)30(41)38(25)16-26(39)34-14-20-7-9-21(10-8-20)27(32)33/h7-13,15,17-19,26,34,39H,6,14,16,31H2,1-5H3,(H3,32,33)(H,35,37)(H,36,40)/t18-,19+,26?/m0/s1. The number of nitrogens with zero attached hydrogens (tertiary/aromatic N) is 2. The molecule has 41 heavy (non-hydrogen) atoms. The van der Waals surface area contributed by atoms with E-state index in [0.717, 1.165) is 12.0 Å². The molecule has 3 rings (SSSR count). The molecule has 1 aromatic heterocycles. The van der Waals surface area contributed by atoms with E-state index in [-0.39, 0.29) is 42.1 Å². The molecule has 3 atom stereocenters. The molecule has 0 bridgehead atoms. The summed E-state index contributed by atoms with van der Waals surface area (Å²) in [6, 6.07) is 12.0. The fourth-order valence-corrected chi connectivity index (χ4v) is 4.00. The minimum atomic E-state index is -1.09. The Morgan fingerprint density at radius 3 is 2.39 bits per heavy atom. The first-order valence-corrected chi connectivity index (χ1v) is 13.8. The lowest BCUT2D eigenvalue weighted by atomic mass is 10.1. The Morgan fingerprint density at radius 1 is 1.10 bits per heavy atom. The molecule has 220 valence electrons. The van der Waals surface area contributed by atoms with E-state index < -0.39 is 11.8 Å². The highest BCUT2D eigenvalue weighted by Crippen LogP contribution is 2.24. The summed E-state index contributed by atoms with van der Waals surface area (Å²) >= 11 is 0. The zero-order valence-electron chi connectivity index (χ0n) is 24.4. The first kappa shape index (κ1) is 31.3. The normalized spacial score (nSPS) is 13.4. The SMILES string of the molecule is CC[C@H](C)NC(=O)c1cc(N)cc(-c2cnc(N[C@H](C)C(C)C)c(=O)n2CC(O)NCc2ccc(C(=N)N)cc2)c1. The van der Waals surface area contributed by atoms with E-state index in [1.54, 1.807) is 36.5 Å². The molecule has 3 aromatic rings. The van der Waals surface area contributed by atoms with E-state index in [2.05, 4.69) is 20.9 Å². The Bertz CT molecular complexity index is 1420. The van der Waals surface area contributed by atoms with Gasteiger partial charge < -0.3 is 27.2 Å². The van der Waals surface area contributed by atoms with E-state index in [0.29, 0.717) is 34.6 Å². The van der Waals surface area contributed by atoms with Crippen LogP contribution in [0.5, 0.6) is 0 Å². The number of hydrogen-bond acceptors (Lipinski definition) is 8. The molecule has 0 saturated heterocycles. The molecular weight excluding hydrogens is 520 g/mol. The number of carbonyl (C=O) groups excluding carboxylic acids is 1. The molecule has 0 spiro atoms.